The summed E-state index contributed by atoms with van der Waals surface area (Å²) in [6, 6.07) is 3.53. The highest BCUT2D eigenvalue weighted by Crippen LogP contribution is 2.24. The molecule has 2 atom stereocenters. The van der Waals surface area contributed by atoms with Crippen molar-refractivity contribution in [3.05, 3.63) is 29.6 Å². The predicted molar refractivity (Wildman–Crippen MR) is 54.0 cm³/mol. The molecular weight excluding hydrogens is 183 g/mol. The average Bonchev–Trinajstić information content (AvgIpc) is 2.15. The van der Waals surface area contributed by atoms with Crippen molar-refractivity contribution in [2.24, 2.45) is 5.73 Å². The van der Waals surface area contributed by atoms with Crippen LogP contribution in [0.15, 0.2) is 18.2 Å². The number of hydrogen-bond acceptors (Lipinski definition) is 3. The highest BCUT2D eigenvalue weighted by molar-refractivity contribution is 5.48. The summed E-state index contributed by atoms with van der Waals surface area (Å²) >= 11 is 0. The predicted octanol–water partition coefficient (Wildman–Crippen LogP) is 1.18. The molecule has 1 aromatic rings. The van der Waals surface area contributed by atoms with Crippen LogP contribution in [-0.4, -0.2) is 11.1 Å². The summed E-state index contributed by atoms with van der Waals surface area (Å²) in [6.45, 7) is 1.87. The Labute approximate surface area is 82.5 Å². The molecule has 0 aliphatic heterocycles. The first-order chi connectivity index (χ1) is 6.56. The van der Waals surface area contributed by atoms with Crippen LogP contribution < -0.4 is 11.5 Å². The van der Waals surface area contributed by atoms with Gasteiger partial charge in [0.25, 0.3) is 0 Å². The van der Waals surface area contributed by atoms with E-state index in [1.807, 2.05) is 6.92 Å². The molecule has 0 radical (unpaired) electrons. The minimum Gasteiger partial charge on any atom is -0.398 e. The van der Waals surface area contributed by atoms with E-state index in [2.05, 4.69) is 0 Å². The molecule has 0 amide bonds. The van der Waals surface area contributed by atoms with Crippen LogP contribution >= 0.6 is 0 Å². The summed E-state index contributed by atoms with van der Waals surface area (Å²) in [4.78, 5) is 0. The SMILES string of the molecule is CCC(N)C(O)c1ccc(F)cc1N. The normalized spacial score (nSPS) is 15.1. The standard InChI is InChI=1S/C10H15FN2O/c1-2-8(12)10(14)7-4-3-6(11)5-9(7)13/h3-5,8,10,14H,2,12-13H2,1H3. The van der Waals surface area contributed by atoms with Gasteiger partial charge >= 0.3 is 0 Å². The van der Waals surface area contributed by atoms with Crippen molar-refractivity contribution >= 4 is 5.69 Å². The van der Waals surface area contributed by atoms with Gasteiger partial charge in [0, 0.05) is 17.3 Å². The number of rotatable bonds is 3. The molecule has 5 N–H and O–H groups in total. The van der Waals surface area contributed by atoms with Gasteiger partial charge in [0.15, 0.2) is 0 Å². The van der Waals surface area contributed by atoms with E-state index in [4.69, 9.17) is 11.5 Å². The van der Waals surface area contributed by atoms with E-state index in [1.165, 1.54) is 18.2 Å². The van der Waals surface area contributed by atoms with Gasteiger partial charge in [-0.25, -0.2) is 4.39 Å². The molecule has 1 rings (SSSR count). The molecule has 0 saturated heterocycles. The lowest BCUT2D eigenvalue weighted by molar-refractivity contribution is 0.145. The third-order valence-electron chi connectivity index (χ3n) is 2.24. The fourth-order valence-electron chi connectivity index (χ4n) is 1.27. The van der Waals surface area contributed by atoms with Crippen LogP contribution in [0.4, 0.5) is 10.1 Å². The van der Waals surface area contributed by atoms with E-state index in [0.29, 0.717) is 12.0 Å². The van der Waals surface area contributed by atoms with Crippen LogP contribution in [0.3, 0.4) is 0 Å². The molecule has 0 fully saturated rings. The molecular formula is C10H15FN2O. The van der Waals surface area contributed by atoms with Crippen LogP contribution in [0.2, 0.25) is 0 Å². The van der Waals surface area contributed by atoms with E-state index in [0.717, 1.165) is 0 Å². The van der Waals surface area contributed by atoms with Gasteiger partial charge in [0.2, 0.25) is 0 Å². The van der Waals surface area contributed by atoms with Crippen LogP contribution in [0, 0.1) is 5.82 Å². The van der Waals surface area contributed by atoms with Crippen LogP contribution in [0.25, 0.3) is 0 Å². The summed E-state index contributed by atoms with van der Waals surface area (Å²) in [7, 11) is 0. The van der Waals surface area contributed by atoms with E-state index >= 15 is 0 Å². The maximum atomic E-state index is 12.7. The zero-order valence-corrected chi connectivity index (χ0v) is 8.07. The lowest BCUT2D eigenvalue weighted by Gasteiger charge is -2.18. The highest BCUT2D eigenvalue weighted by Gasteiger charge is 2.17. The molecule has 1 aromatic carbocycles. The molecule has 14 heavy (non-hydrogen) atoms. The van der Waals surface area contributed by atoms with E-state index < -0.39 is 11.9 Å². The van der Waals surface area contributed by atoms with Gasteiger partial charge < -0.3 is 16.6 Å². The molecule has 0 aromatic heterocycles. The number of nitrogen functional groups attached to an aromatic ring is 1. The molecule has 3 nitrogen and oxygen atoms in total. The molecule has 78 valence electrons. The fourth-order valence-corrected chi connectivity index (χ4v) is 1.27. The average molecular weight is 198 g/mol. The van der Waals surface area contributed by atoms with Gasteiger partial charge in [-0.1, -0.05) is 13.0 Å². The van der Waals surface area contributed by atoms with Crippen LogP contribution in [0.1, 0.15) is 25.0 Å². The van der Waals surface area contributed by atoms with Gasteiger partial charge in [-0.3, -0.25) is 0 Å². The third-order valence-corrected chi connectivity index (χ3v) is 2.24. The van der Waals surface area contributed by atoms with Crippen molar-refractivity contribution in [2.75, 3.05) is 5.73 Å². The van der Waals surface area contributed by atoms with E-state index in [1.54, 1.807) is 0 Å². The molecule has 2 unspecified atom stereocenters. The highest BCUT2D eigenvalue weighted by atomic mass is 19.1. The second-order valence-electron chi connectivity index (χ2n) is 3.29. The first-order valence-corrected chi connectivity index (χ1v) is 4.54. The second kappa shape index (κ2) is 4.39. The molecule has 4 heteroatoms. The van der Waals surface area contributed by atoms with Crippen LogP contribution in [-0.2, 0) is 0 Å². The van der Waals surface area contributed by atoms with Crippen molar-refractivity contribution in [1.29, 1.82) is 0 Å². The Morgan fingerprint density at radius 1 is 1.50 bits per heavy atom. The van der Waals surface area contributed by atoms with Gasteiger partial charge in [-0.15, -0.1) is 0 Å². The van der Waals surface area contributed by atoms with Crippen molar-refractivity contribution in [2.45, 2.75) is 25.5 Å². The molecule has 0 spiro atoms. The number of halogens is 1. The Balaban J connectivity index is 2.95. The number of anilines is 1. The van der Waals surface area contributed by atoms with E-state index in [-0.39, 0.29) is 11.7 Å². The Hall–Kier alpha value is -1.13. The monoisotopic (exact) mass is 198 g/mol. The smallest absolute Gasteiger partial charge is 0.125 e. The number of aliphatic hydroxyl groups excluding tert-OH is 1. The molecule has 0 aliphatic carbocycles. The zero-order chi connectivity index (χ0) is 10.7. The van der Waals surface area contributed by atoms with Crippen molar-refractivity contribution in [1.82, 2.24) is 0 Å². The number of benzene rings is 1. The summed E-state index contributed by atoms with van der Waals surface area (Å²) in [6.07, 6.45) is -0.196. The van der Waals surface area contributed by atoms with Gasteiger partial charge in [-0.05, 0) is 18.6 Å². The summed E-state index contributed by atoms with van der Waals surface area (Å²) in [5, 5.41) is 9.73. The Kier molecular flexibility index (Phi) is 3.43. The first kappa shape index (κ1) is 10.9. The van der Waals surface area contributed by atoms with Gasteiger partial charge in [0.1, 0.15) is 5.82 Å². The van der Waals surface area contributed by atoms with E-state index in [9.17, 15) is 9.50 Å². The second-order valence-corrected chi connectivity index (χ2v) is 3.29. The van der Waals surface area contributed by atoms with Crippen LogP contribution in [0.5, 0.6) is 0 Å². The topological polar surface area (TPSA) is 72.3 Å². The Morgan fingerprint density at radius 2 is 2.14 bits per heavy atom. The van der Waals surface area contributed by atoms with Gasteiger partial charge in [0.05, 0.1) is 6.10 Å². The van der Waals surface area contributed by atoms with Crippen molar-refractivity contribution < 1.29 is 9.50 Å². The Bertz CT molecular complexity index is 317. The first-order valence-electron chi connectivity index (χ1n) is 4.54. The molecule has 0 heterocycles. The summed E-state index contributed by atoms with van der Waals surface area (Å²) in [5.41, 5.74) is 11.9. The maximum Gasteiger partial charge on any atom is 0.125 e. The quantitative estimate of drug-likeness (QED) is 0.638. The number of aliphatic hydroxyl groups is 1. The lowest BCUT2D eigenvalue weighted by Crippen LogP contribution is -2.27. The zero-order valence-electron chi connectivity index (χ0n) is 8.07. The molecule has 0 bridgehead atoms. The minimum atomic E-state index is -0.833. The lowest BCUT2D eigenvalue weighted by atomic mass is 9.99. The third kappa shape index (κ3) is 2.21. The summed E-state index contributed by atoms with van der Waals surface area (Å²) in [5.74, 6) is -0.413. The largest absolute Gasteiger partial charge is 0.398 e. The van der Waals surface area contributed by atoms with Crippen molar-refractivity contribution in [3.63, 3.8) is 0 Å². The van der Waals surface area contributed by atoms with Crippen molar-refractivity contribution in [3.8, 4) is 0 Å². The Morgan fingerprint density at radius 3 is 2.64 bits per heavy atom. The minimum absolute atomic E-state index is 0.237. The number of hydrogen-bond donors (Lipinski definition) is 3. The maximum absolute atomic E-state index is 12.7. The van der Waals surface area contributed by atoms with Gasteiger partial charge in [-0.2, -0.15) is 0 Å². The molecule has 0 aliphatic rings. The summed E-state index contributed by atoms with van der Waals surface area (Å²) < 4.78 is 12.7. The molecule has 0 saturated carbocycles. The number of nitrogens with two attached hydrogens (primary N) is 2. The fraction of sp³-hybridized carbons (Fsp3) is 0.400.